The van der Waals surface area contributed by atoms with E-state index in [0.29, 0.717) is 0 Å². The number of nitrogen functional groups attached to an aromatic ring is 1. The van der Waals surface area contributed by atoms with Crippen LogP contribution < -0.4 is 11.3 Å². The van der Waals surface area contributed by atoms with Gasteiger partial charge in [0.05, 0.1) is 0 Å². The number of anilines is 1. The van der Waals surface area contributed by atoms with Crippen LogP contribution in [-0.4, -0.2) is 4.98 Å². The molecule has 0 aliphatic rings. The fraction of sp³-hybridized carbons (Fsp3) is 0. The molecular formula is C11H9F2N3S. The SMILES string of the molecule is NNc1nc(Sc2ccccc2)c(F)cc1F. The van der Waals surface area contributed by atoms with Gasteiger partial charge in [-0.05, 0) is 12.1 Å². The predicted octanol–water partition coefficient (Wildman–Crippen LogP) is 2.80. The highest BCUT2D eigenvalue weighted by Crippen LogP contribution is 2.29. The molecule has 3 N–H and O–H groups in total. The van der Waals surface area contributed by atoms with Gasteiger partial charge in [0.15, 0.2) is 17.5 Å². The molecule has 0 spiro atoms. The highest BCUT2D eigenvalue weighted by molar-refractivity contribution is 7.99. The summed E-state index contributed by atoms with van der Waals surface area (Å²) >= 11 is 1.10. The number of pyridine rings is 1. The Kier molecular flexibility index (Phi) is 3.55. The summed E-state index contributed by atoms with van der Waals surface area (Å²) in [6, 6.07) is 9.88. The number of hydrogen-bond acceptors (Lipinski definition) is 4. The number of rotatable bonds is 3. The van der Waals surface area contributed by atoms with Crippen LogP contribution in [0.3, 0.4) is 0 Å². The van der Waals surface area contributed by atoms with Gasteiger partial charge in [-0.15, -0.1) is 0 Å². The maximum atomic E-state index is 13.5. The van der Waals surface area contributed by atoms with Crippen LogP contribution in [0.2, 0.25) is 0 Å². The van der Waals surface area contributed by atoms with Gasteiger partial charge < -0.3 is 5.43 Å². The van der Waals surface area contributed by atoms with E-state index in [4.69, 9.17) is 5.84 Å². The van der Waals surface area contributed by atoms with Gasteiger partial charge >= 0.3 is 0 Å². The minimum atomic E-state index is -0.817. The average Bonchev–Trinajstić information content (AvgIpc) is 2.34. The summed E-state index contributed by atoms with van der Waals surface area (Å²) < 4.78 is 26.6. The number of aromatic nitrogens is 1. The number of nitrogens with zero attached hydrogens (tertiary/aromatic N) is 1. The second-order valence-corrected chi connectivity index (χ2v) is 4.23. The third kappa shape index (κ3) is 2.72. The van der Waals surface area contributed by atoms with E-state index in [1.54, 1.807) is 0 Å². The average molecular weight is 253 g/mol. The fourth-order valence-corrected chi connectivity index (χ4v) is 2.03. The third-order valence-electron chi connectivity index (χ3n) is 1.99. The topological polar surface area (TPSA) is 50.9 Å². The van der Waals surface area contributed by atoms with Crippen LogP contribution in [0.1, 0.15) is 0 Å². The van der Waals surface area contributed by atoms with Crippen LogP contribution in [0.4, 0.5) is 14.6 Å². The summed E-state index contributed by atoms with van der Waals surface area (Å²) in [5, 5.41) is 0.0746. The van der Waals surface area contributed by atoms with Crippen LogP contribution in [0.5, 0.6) is 0 Å². The zero-order chi connectivity index (χ0) is 12.3. The lowest BCUT2D eigenvalue weighted by Crippen LogP contribution is -2.11. The van der Waals surface area contributed by atoms with Crippen molar-refractivity contribution in [2.75, 3.05) is 5.43 Å². The molecule has 88 valence electrons. The number of nitrogens with two attached hydrogens (primary N) is 1. The van der Waals surface area contributed by atoms with Gasteiger partial charge in [-0.3, -0.25) is 0 Å². The first-order valence-corrected chi connectivity index (χ1v) is 5.58. The fourth-order valence-electron chi connectivity index (χ4n) is 1.22. The van der Waals surface area contributed by atoms with Crippen LogP contribution in [0.15, 0.2) is 46.3 Å². The molecule has 6 heteroatoms. The van der Waals surface area contributed by atoms with Crippen molar-refractivity contribution in [3.63, 3.8) is 0 Å². The minimum Gasteiger partial charge on any atom is -0.306 e. The first kappa shape index (κ1) is 11.8. The molecule has 0 saturated heterocycles. The van der Waals surface area contributed by atoms with Crippen molar-refractivity contribution >= 4 is 17.6 Å². The third-order valence-corrected chi connectivity index (χ3v) is 2.98. The molecule has 0 amide bonds. The van der Waals surface area contributed by atoms with E-state index in [1.165, 1.54) is 0 Å². The van der Waals surface area contributed by atoms with Crippen LogP contribution >= 0.6 is 11.8 Å². The van der Waals surface area contributed by atoms with Gasteiger partial charge in [-0.1, -0.05) is 30.0 Å². The van der Waals surface area contributed by atoms with E-state index < -0.39 is 11.6 Å². The molecule has 1 heterocycles. The van der Waals surface area contributed by atoms with Gasteiger partial charge in [0.2, 0.25) is 0 Å². The molecule has 0 aliphatic heterocycles. The Bertz CT molecular complexity index is 520. The quantitative estimate of drug-likeness (QED) is 0.652. The molecule has 1 aromatic carbocycles. The van der Waals surface area contributed by atoms with E-state index in [2.05, 4.69) is 10.4 Å². The maximum absolute atomic E-state index is 13.5. The highest BCUT2D eigenvalue weighted by Gasteiger charge is 2.12. The molecule has 0 radical (unpaired) electrons. The largest absolute Gasteiger partial charge is 0.306 e. The van der Waals surface area contributed by atoms with Crippen molar-refractivity contribution < 1.29 is 8.78 Å². The summed E-state index contributed by atoms with van der Waals surface area (Å²) in [7, 11) is 0. The molecule has 0 saturated carbocycles. The molecule has 1 aromatic heterocycles. The summed E-state index contributed by atoms with van der Waals surface area (Å²) in [6.07, 6.45) is 0. The monoisotopic (exact) mass is 253 g/mol. The summed E-state index contributed by atoms with van der Waals surface area (Å²) in [5.41, 5.74) is 2.08. The standard InChI is InChI=1S/C11H9F2N3S/c12-8-6-9(13)11(15-10(8)16-14)17-7-4-2-1-3-5-7/h1-6H,14H2,(H,15,16). The Morgan fingerprint density at radius 3 is 2.47 bits per heavy atom. The molecule has 0 unspecified atom stereocenters. The zero-order valence-corrected chi connectivity index (χ0v) is 9.47. The van der Waals surface area contributed by atoms with Crippen LogP contribution in [0, 0.1) is 11.6 Å². The van der Waals surface area contributed by atoms with Gasteiger partial charge in [0, 0.05) is 11.0 Å². The van der Waals surface area contributed by atoms with E-state index in [0.717, 1.165) is 22.7 Å². The van der Waals surface area contributed by atoms with Crippen molar-refractivity contribution in [3.05, 3.63) is 48.0 Å². The number of hydrazine groups is 1. The van der Waals surface area contributed by atoms with Crippen molar-refractivity contribution in [3.8, 4) is 0 Å². The predicted molar refractivity (Wildman–Crippen MR) is 62.5 cm³/mol. The summed E-state index contributed by atoms with van der Waals surface area (Å²) in [4.78, 5) is 4.58. The molecule has 0 atom stereocenters. The molecule has 2 aromatic rings. The molecule has 2 rings (SSSR count). The zero-order valence-electron chi connectivity index (χ0n) is 8.65. The molecule has 17 heavy (non-hydrogen) atoms. The van der Waals surface area contributed by atoms with E-state index in [-0.39, 0.29) is 10.8 Å². The molecule has 3 nitrogen and oxygen atoms in total. The second kappa shape index (κ2) is 5.11. The number of benzene rings is 1. The lowest BCUT2D eigenvalue weighted by molar-refractivity contribution is 0.551. The van der Waals surface area contributed by atoms with E-state index in [1.807, 2.05) is 30.3 Å². The van der Waals surface area contributed by atoms with E-state index in [9.17, 15) is 8.78 Å². The van der Waals surface area contributed by atoms with Crippen molar-refractivity contribution in [2.45, 2.75) is 9.92 Å². The first-order chi connectivity index (χ1) is 8.20. The number of nitrogens with one attached hydrogen (secondary N) is 1. The summed E-state index contributed by atoms with van der Waals surface area (Å²) in [5.74, 6) is 3.37. The minimum absolute atomic E-state index is 0.0746. The van der Waals surface area contributed by atoms with Gasteiger partial charge in [-0.25, -0.2) is 19.6 Å². The Hall–Kier alpha value is -1.66. The Morgan fingerprint density at radius 2 is 1.82 bits per heavy atom. The lowest BCUT2D eigenvalue weighted by Gasteiger charge is -2.06. The lowest BCUT2D eigenvalue weighted by atomic mass is 10.4. The maximum Gasteiger partial charge on any atom is 0.177 e. The van der Waals surface area contributed by atoms with Gasteiger partial charge in [0.1, 0.15) is 5.03 Å². The van der Waals surface area contributed by atoms with Gasteiger partial charge in [-0.2, -0.15) is 0 Å². The van der Waals surface area contributed by atoms with E-state index >= 15 is 0 Å². The van der Waals surface area contributed by atoms with Gasteiger partial charge in [0.25, 0.3) is 0 Å². The summed E-state index contributed by atoms with van der Waals surface area (Å²) in [6.45, 7) is 0. The van der Waals surface area contributed by atoms with Crippen molar-refractivity contribution in [2.24, 2.45) is 5.84 Å². The normalized spacial score (nSPS) is 10.3. The van der Waals surface area contributed by atoms with Crippen LogP contribution in [-0.2, 0) is 0 Å². The first-order valence-electron chi connectivity index (χ1n) is 4.76. The molecule has 0 bridgehead atoms. The highest BCUT2D eigenvalue weighted by atomic mass is 32.2. The Morgan fingerprint density at radius 1 is 1.12 bits per heavy atom. The Balaban J connectivity index is 2.33. The number of hydrogen-bond donors (Lipinski definition) is 2. The molecule has 0 fully saturated rings. The van der Waals surface area contributed by atoms with Crippen molar-refractivity contribution in [1.82, 2.24) is 4.98 Å². The Labute approximate surface area is 101 Å². The van der Waals surface area contributed by atoms with Crippen molar-refractivity contribution in [1.29, 1.82) is 0 Å². The smallest absolute Gasteiger partial charge is 0.177 e. The number of halogens is 2. The second-order valence-electron chi connectivity index (χ2n) is 3.17. The molecular weight excluding hydrogens is 244 g/mol. The molecule has 0 aliphatic carbocycles. The van der Waals surface area contributed by atoms with Crippen LogP contribution in [0.25, 0.3) is 0 Å².